The van der Waals surface area contributed by atoms with Gasteiger partial charge in [0.1, 0.15) is 11.4 Å². The van der Waals surface area contributed by atoms with Crippen molar-refractivity contribution in [2.75, 3.05) is 5.32 Å². The molecule has 0 atom stereocenters. The summed E-state index contributed by atoms with van der Waals surface area (Å²) < 4.78 is 40.1. The van der Waals surface area contributed by atoms with Crippen LogP contribution in [-0.4, -0.2) is 0 Å². The molecule has 0 aliphatic carbocycles. The molecule has 0 radical (unpaired) electrons. The Morgan fingerprint density at radius 1 is 1.14 bits per heavy atom. The Morgan fingerprint density at radius 3 is 2.27 bits per heavy atom. The SMILES string of the molecule is C[n+]1c(C(C)(C)C)csc1Nc1cccc(C(F)(F)F)c1.[Br-]. The van der Waals surface area contributed by atoms with Crippen molar-refractivity contribution in [2.45, 2.75) is 32.4 Å². The van der Waals surface area contributed by atoms with Crippen LogP contribution < -0.4 is 26.9 Å². The summed E-state index contributed by atoms with van der Waals surface area (Å²) >= 11 is 1.48. The molecule has 0 fully saturated rings. The van der Waals surface area contributed by atoms with Crippen molar-refractivity contribution in [3.05, 3.63) is 40.9 Å². The van der Waals surface area contributed by atoms with Crippen molar-refractivity contribution in [3.63, 3.8) is 0 Å². The molecule has 2 aromatic rings. The van der Waals surface area contributed by atoms with Gasteiger partial charge >= 0.3 is 11.3 Å². The molecule has 22 heavy (non-hydrogen) atoms. The fourth-order valence-corrected chi connectivity index (χ4v) is 3.24. The van der Waals surface area contributed by atoms with Gasteiger partial charge in [-0.25, -0.2) is 9.88 Å². The second-order valence-corrected chi connectivity index (χ2v) is 6.80. The van der Waals surface area contributed by atoms with Gasteiger partial charge in [-0.2, -0.15) is 13.2 Å². The minimum atomic E-state index is -4.33. The molecule has 0 spiro atoms. The number of nitrogens with one attached hydrogen (secondary N) is 1. The highest BCUT2D eigenvalue weighted by Crippen LogP contribution is 2.32. The van der Waals surface area contributed by atoms with Crippen LogP contribution in [0.25, 0.3) is 0 Å². The van der Waals surface area contributed by atoms with E-state index in [1.165, 1.54) is 17.4 Å². The summed E-state index contributed by atoms with van der Waals surface area (Å²) in [6.07, 6.45) is -4.33. The van der Waals surface area contributed by atoms with Gasteiger partial charge < -0.3 is 17.0 Å². The van der Waals surface area contributed by atoms with E-state index in [4.69, 9.17) is 0 Å². The maximum absolute atomic E-state index is 12.7. The van der Waals surface area contributed by atoms with Crippen molar-refractivity contribution in [3.8, 4) is 0 Å². The van der Waals surface area contributed by atoms with E-state index >= 15 is 0 Å². The van der Waals surface area contributed by atoms with Crippen LogP contribution in [0, 0.1) is 0 Å². The van der Waals surface area contributed by atoms with Gasteiger partial charge in [0.25, 0.3) is 0 Å². The highest BCUT2D eigenvalue weighted by atomic mass is 79.9. The lowest BCUT2D eigenvalue weighted by Crippen LogP contribution is -3.00. The lowest BCUT2D eigenvalue weighted by atomic mass is 9.93. The molecular weight excluding hydrogens is 377 g/mol. The first-order chi connectivity index (χ1) is 9.59. The number of alkyl halides is 3. The number of nitrogens with zero attached hydrogens (tertiary/aromatic N) is 1. The van der Waals surface area contributed by atoms with Crippen LogP contribution in [0.15, 0.2) is 29.6 Å². The molecule has 0 bridgehead atoms. The number of hydrogen-bond acceptors (Lipinski definition) is 2. The van der Waals surface area contributed by atoms with Gasteiger partial charge in [-0.15, -0.1) is 0 Å². The van der Waals surface area contributed by atoms with Crippen LogP contribution >= 0.6 is 11.3 Å². The van der Waals surface area contributed by atoms with Gasteiger partial charge in [0.2, 0.25) is 0 Å². The Balaban J connectivity index is 0.00000242. The second kappa shape index (κ2) is 6.58. The first-order valence-corrected chi connectivity index (χ1v) is 7.39. The number of aromatic nitrogens is 1. The van der Waals surface area contributed by atoms with Crippen molar-refractivity contribution < 1.29 is 34.7 Å². The molecule has 1 aromatic heterocycles. The number of benzene rings is 1. The summed E-state index contributed by atoms with van der Waals surface area (Å²) in [5.74, 6) is 0. The summed E-state index contributed by atoms with van der Waals surface area (Å²) in [7, 11) is 1.91. The van der Waals surface area contributed by atoms with Gasteiger partial charge in [-0.3, -0.25) is 0 Å². The van der Waals surface area contributed by atoms with E-state index in [0.717, 1.165) is 23.0 Å². The number of rotatable bonds is 2. The minimum absolute atomic E-state index is 0. The molecule has 1 N–H and O–H groups in total. The van der Waals surface area contributed by atoms with Crippen molar-refractivity contribution in [1.29, 1.82) is 0 Å². The van der Waals surface area contributed by atoms with E-state index in [1.807, 2.05) is 17.0 Å². The van der Waals surface area contributed by atoms with Crippen molar-refractivity contribution in [1.82, 2.24) is 0 Å². The summed E-state index contributed by atoms with van der Waals surface area (Å²) in [5.41, 5.74) is 0.895. The number of halogens is 4. The fourth-order valence-electron chi connectivity index (χ4n) is 2.07. The zero-order valence-electron chi connectivity index (χ0n) is 12.8. The summed E-state index contributed by atoms with van der Waals surface area (Å²) in [6, 6.07) is 5.23. The molecule has 0 unspecified atom stereocenters. The molecule has 0 saturated heterocycles. The number of anilines is 2. The van der Waals surface area contributed by atoms with Gasteiger partial charge in [-0.05, 0) is 18.2 Å². The average Bonchev–Trinajstić information content (AvgIpc) is 2.70. The average molecular weight is 395 g/mol. The van der Waals surface area contributed by atoms with E-state index < -0.39 is 11.7 Å². The van der Waals surface area contributed by atoms with E-state index in [0.29, 0.717) is 5.69 Å². The Morgan fingerprint density at radius 2 is 1.77 bits per heavy atom. The minimum Gasteiger partial charge on any atom is -1.00 e. The topological polar surface area (TPSA) is 15.9 Å². The third-order valence-electron chi connectivity index (χ3n) is 3.16. The van der Waals surface area contributed by atoms with Gasteiger partial charge in [0.15, 0.2) is 0 Å². The largest absolute Gasteiger partial charge is 1.00 e. The summed E-state index contributed by atoms with van der Waals surface area (Å²) in [4.78, 5) is 0. The zero-order valence-corrected chi connectivity index (χ0v) is 15.2. The van der Waals surface area contributed by atoms with Gasteiger partial charge in [0, 0.05) is 10.8 Å². The lowest BCUT2D eigenvalue weighted by Gasteiger charge is -2.15. The van der Waals surface area contributed by atoms with Crippen LogP contribution in [0.1, 0.15) is 32.0 Å². The fraction of sp³-hybridized carbons (Fsp3) is 0.400. The highest BCUT2D eigenvalue weighted by Gasteiger charge is 2.31. The van der Waals surface area contributed by atoms with Crippen LogP contribution in [0.5, 0.6) is 0 Å². The predicted octanol–water partition coefficient (Wildman–Crippen LogP) is 1.64. The number of hydrogen-bond donors (Lipinski definition) is 1. The molecule has 0 aliphatic heterocycles. The molecule has 0 saturated carbocycles. The lowest BCUT2D eigenvalue weighted by molar-refractivity contribution is -0.663. The Hall–Kier alpha value is -1.08. The number of thiazole rings is 1. The van der Waals surface area contributed by atoms with Crippen LogP contribution in [0.2, 0.25) is 0 Å². The first kappa shape index (κ1) is 19.0. The normalized spacial score (nSPS) is 12.0. The molecule has 2 nitrogen and oxygen atoms in total. The zero-order chi connectivity index (χ0) is 15.8. The summed E-state index contributed by atoms with van der Waals surface area (Å²) in [5, 5.41) is 5.89. The van der Waals surface area contributed by atoms with Crippen molar-refractivity contribution in [2.24, 2.45) is 7.05 Å². The molecule has 2 rings (SSSR count). The standard InChI is InChI=1S/C15H17F3N2S.BrH/c1-14(2,3)12-9-21-13(20(12)4)19-11-7-5-6-10(8-11)15(16,17)18;/h5-9H,1-4H3;1H. The van der Waals surface area contributed by atoms with E-state index in [-0.39, 0.29) is 22.4 Å². The van der Waals surface area contributed by atoms with Crippen LogP contribution in [-0.2, 0) is 18.6 Å². The smallest absolute Gasteiger partial charge is 0.416 e. The Bertz CT molecular complexity index is 645. The van der Waals surface area contributed by atoms with Crippen LogP contribution in [0.3, 0.4) is 0 Å². The van der Waals surface area contributed by atoms with Crippen molar-refractivity contribution >= 4 is 22.2 Å². The molecule has 1 heterocycles. The van der Waals surface area contributed by atoms with Gasteiger partial charge in [-0.1, -0.05) is 38.2 Å². The molecular formula is C15H18BrF3N2S. The van der Waals surface area contributed by atoms with Crippen LogP contribution in [0.4, 0.5) is 24.0 Å². The van der Waals surface area contributed by atoms with E-state index in [9.17, 15) is 13.2 Å². The summed E-state index contributed by atoms with van der Waals surface area (Å²) in [6.45, 7) is 6.30. The van der Waals surface area contributed by atoms with Gasteiger partial charge in [0.05, 0.1) is 12.6 Å². The Labute approximate surface area is 142 Å². The maximum atomic E-state index is 12.7. The molecule has 122 valence electrons. The molecule has 7 heteroatoms. The molecule has 0 aliphatic rings. The Kier molecular flexibility index (Phi) is 5.67. The molecule has 0 amide bonds. The predicted molar refractivity (Wildman–Crippen MR) is 78.9 cm³/mol. The molecule has 1 aromatic carbocycles. The quantitative estimate of drug-likeness (QED) is 0.765. The van der Waals surface area contributed by atoms with E-state index in [2.05, 4.69) is 26.1 Å². The monoisotopic (exact) mass is 394 g/mol. The first-order valence-electron chi connectivity index (χ1n) is 6.51. The van der Waals surface area contributed by atoms with E-state index in [1.54, 1.807) is 6.07 Å². The second-order valence-electron chi connectivity index (χ2n) is 5.94. The third kappa shape index (κ3) is 4.23. The third-order valence-corrected chi connectivity index (χ3v) is 4.10. The highest BCUT2D eigenvalue weighted by molar-refractivity contribution is 7.13. The maximum Gasteiger partial charge on any atom is 0.416 e.